The van der Waals surface area contributed by atoms with Crippen molar-refractivity contribution < 1.29 is 8.42 Å². The number of nitrogens with two attached hydrogens (primary N) is 1. The van der Waals surface area contributed by atoms with E-state index in [0.717, 1.165) is 0 Å². The van der Waals surface area contributed by atoms with Gasteiger partial charge < -0.3 is 11.1 Å². The quantitative estimate of drug-likeness (QED) is 0.585. The first kappa shape index (κ1) is 16.2. The molecule has 102 valence electrons. The van der Waals surface area contributed by atoms with Crippen LogP contribution in [0.25, 0.3) is 0 Å². The second-order valence-electron chi connectivity index (χ2n) is 6.07. The number of hydrogen-bond donors (Lipinski definition) is 2. The summed E-state index contributed by atoms with van der Waals surface area (Å²) in [5.74, 6) is 0.296. The van der Waals surface area contributed by atoms with E-state index in [4.69, 9.17) is 5.73 Å². The van der Waals surface area contributed by atoms with Crippen molar-refractivity contribution >= 4 is 15.8 Å². The van der Waals surface area contributed by atoms with Crippen molar-refractivity contribution in [3.8, 4) is 0 Å². The fourth-order valence-electron chi connectivity index (χ4n) is 1.02. The Morgan fingerprint density at radius 1 is 1.18 bits per heavy atom. The Hall–Kier alpha value is -0.780. The summed E-state index contributed by atoms with van der Waals surface area (Å²) in [4.78, 5) is 4.01. The van der Waals surface area contributed by atoms with Crippen LogP contribution in [-0.2, 0) is 9.84 Å². The predicted molar refractivity (Wildman–Crippen MR) is 72.9 cm³/mol. The second-order valence-corrected chi connectivity index (χ2v) is 8.94. The average molecular weight is 263 g/mol. The molecule has 0 atom stereocenters. The van der Waals surface area contributed by atoms with Gasteiger partial charge in [0, 0.05) is 5.54 Å². The molecule has 0 saturated carbocycles. The highest BCUT2D eigenvalue weighted by molar-refractivity contribution is 7.92. The molecule has 0 aromatic carbocycles. The maximum absolute atomic E-state index is 11.8. The third kappa shape index (κ3) is 6.51. The van der Waals surface area contributed by atoms with Gasteiger partial charge in [0.25, 0.3) is 0 Å². The first-order valence-corrected chi connectivity index (χ1v) is 7.31. The van der Waals surface area contributed by atoms with E-state index >= 15 is 0 Å². The third-order valence-corrected chi connectivity index (χ3v) is 4.66. The highest BCUT2D eigenvalue weighted by atomic mass is 32.2. The Morgan fingerprint density at radius 2 is 1.65 bits per heavy atom. The van der Waals surface area contributed by atoms with Gasteiger partial charge in [0.1, 0.15) is 0 Å². The molecule has 6 heteroatoms. The second kappa shape index (κ2) is 5.25. The number of sulfone groups is 1. The lowest BCUT2D eigenvalue weighted by atomic mass is 10.1. The zero-order valence-electron chi connectivity index (χ0n) is 11.7. The normalized spacial score (nSPS) is 14.8. The van der Waals surface area contributed by atoms with Crippen LogP contribution in [0, 0.1) is 0 Å². The van der Waals surface area contributed by atoms with Gasteiger partial charge in [-0.2, -0.15) is 0 Å². The molecule has 17 heavy (non-hydrogen) atoms. The monoisotopic (exact) mass is 263 g/mol. The molecule has 0 aromatic rings. The van der Waals surface area contributed by atoms with Gasteiger partial charge in [-0.05, 0) is 41.5 Å². The van der Waals surface area contributed by atoms with Crippen LogP contribution < -0.4 is 11.1 Å². The van der Waals surface area contributed by atoms with Gasteiger partial charge in [0.05, 0.1) is 17.0 Å². The Labute approximate surface area is 105 Å². The van der Waals surface area contributed by atoms with Crippen molar-refractivity contribution in [3.05, 3.63) is 0 Å². The standard InChI is InChI=1S/C11H25N3O2S/c1-10(2,3)14-9(12)13-7-8-17(15,16)11(4,5)6/h7-8H2,1-6H3,(H3,12,13,14). The largest absolute Gasteiger partial charge is 0.370 e. The minimum Gasteiger partial charge on any atom is -0.370 e. The van der Waals surface area contributed by atoms with Crippen LogP contribution in [-0.4, -0.2) is 37.0 Å². The van der Waals surface area contributed by atoms with E-state index in [1.54, 1.807) is 20.8 Å². The molecule has 0 unspecified atom stereocenters. The van der Waals surface area contributed by atoms with Crippen LogP contribution in [0.1, 0.15) is 41.5 Å². The molecule has 5 nitrogen and oxygen atoms in total. The fraction of sp³-hybridized carbons (Fsp3) is 0.909. The van der Waals surface area contributed by atoms with E-state index in [1.807, 2.05) is 20.8 Å². The first-order chi connectivity index (χ1) is 7.35. The lowest BCUT2D eigenvalue weighted by Crippen LogP contribution is -2.45. The highest BCUT2D eigenvalue weighted by Crippen LogP contribution is 2.15. The summed E-state index contributed by atoms with van der Waals surface area (Å²) < 4.78 is 22.8. The number of nitrogens with one attached hydrogen (secondary N) is 1. The van der Waals surface area contributed by atoms with E-state index in [1.165, 1.54) is 0 Å². The molecule has 0 rings (SSSR count). The van der Waals surface area contributed by atoms with Gasteiger partial charge in [0.15, 0.2) is 15.8 Å². The van der Waals surface area contributed by atoms with Crippen LogP contribution in [0.3, 0.4) is 0 Å². The van der Waals surface area contributed by atoms with Gasteiger partial charge in [0.2, 0.25) is 0 Å². The number of guanidine groups is 1. The van der Waals surface area contributed by atoms with Gasteiger partial charge in [-0.25, -0.2) is 8.42 Å². The molecule has 0 fully saturated rings. The van der Waals surface area contributed by atoms with Crippen LogP contribution in [0.5, 0.6) is 0 Å². The Bertz CT molecular complexity index is 373. The molecule has 0 spiro atoms. The molecule has 0 aromatic heterocycles. The Morgan fingerprint density at radius 3 is 2.00 bits per heavy atom. The summed E-state index contributed by atoms with van der Waals surface area (Å²) in [7, 11) is -3.13. The van der Waals surface area contributed by atoms with Crippen molar-refractivity contribution in [1.29, 1.82) is 0 Å². The first-order valence-electron chi connectivity index (χ1n) is 5.65. The minimum atomic E-state index is -3.13. The molecule has 3 N–H and O–H groups in total. The number of hydrogen-bond acceptors (Lipinski definition) is 3. The number of aliphatic imine (C=N–C) groups is 1. The maximum Gasteiger partial charge on any atom is 0.189 e. The molecule has 0 heterocycles. The van der Waals surface area contributed by atoms with E-state index < -0.39 is 14.6 Å². The van der Waals surface area contributed by atoms with Gasteiger partial charge >= 0.3 is 0 Å². The van der Waals surface area contributed by atoms with Crippen LogP contribution in [0.2, 0.25) is 0 Å². The van der Waals surface area contributed by atoms with Crippen molar-refractivity contribution in [3.63, 3.8) is 0 Å². The SMILES string of the molecule is CC(C)(C)NC(N)=NCCS(=O)(=O)C(C)(C)C. The zero-order valence-corrected chi connectivity index (χ0v) is 12.5. The summed E-state index contributed by atoms with van der Waals surface area (Å²) in [5, 5.41) is 2.98. The minimum absolute atomic E-state index is 0.0169. The lowest BCUT2D eigenvalue weighted by Gasteiger charge is -2.21. The van der Waals surface area contributed by atoms with Crippen LogP contribution >= 0.6 is 0 Å². The molecule has 0 radical (unpaired) electrons. The van der Waals surface area contributed by atoms with Gasteiger partial charge in [-0.3, -0.25) is 4.99 Å². The van der Waals surface area contributed by atoms with E-state index in [0.29, 0.717) is 0 Å². The van der Waals surface area contributed by atoms with Crippen molar-refractivity contribution in [2.45, 2.75) is 51.8 Å². The summed E-state index contributed by atoms with van der Waals surface area (Å²) in [6.07, 6.45) is 0. The van der Waals surface area contributed by atoms with Gasteiger partial charge in [-0.1, -0.05) is 0 Å². The van der Waals surface area contributed by atoms with Crippen molar-refractivity contribution in [1.82, 2.24) is 5.32 Å². The van der Waals surface area contributed by atoms with Crippen molar-refractivity contribution in [2.24, 2.45) is 10.7 Å². The van der Waals surface area contributed by atoms with Crippen molar-refractivity contribution in [2.75, 3.05) is 12.3 Å². The Balaban J connectivity index is 4.39. The smallest absolute Gasteiger partial charge is 0.189 e. The molecule has 0 aliphatic heterocycles. The fourth-order valence-corrected chi connectivity index (χ4v) is 1.96. The Kier molecular flexibility index (Phi) is 5.01. The van der Waals surface area contributed by atoms with Gasteiger partial charge in [-0.15, -0.1) is 0 Å². The number of rotatable bonds is 3. The molecule has 0 bridgehead atoms. The van der Waals surface area contributed by atoms with E-state index in [9.17, 15) is 8.42 Å². The topological polar surface area (TPSA) is 84.5 Å². The summed E-state index contributed by atoms with van der Waals surface area (Å²) in [6.45, 7) is 11.1. The van der Waals surface area contributed by atoms with E-state index in [-0.39, 0.29) is 23.8 Å². The molecule has 0 amide bonds. The zero-order chi connectivity index (χ0) is 13.9. The molecular formula is C11H25N3O2S. The summed E-state index contributed by atoms with van der Waals surface area (Å²) in [6, 6.07) is 0. The third-order valence-electron chi connectivity index (χ3n) is 2.08. The molecule has 0 saturated heterocycles. The summed E-state index contributed by atoms with van der Waals surface area (Å²) >= 11 is 0. The van der Waals surface area contributed by atoms with E-state index in [2.05, 4.69) is 10.3 Å². The molecular weight excluding hydrogens is 238 g/mol. The summed E-state index contributed by atoms with van der Waals surface area (Å²) in [5.41, 5.74) is 5.47. The predicted octanol–water partition coefficient (Wildman–Crippen LogP) is 0.903. The highest BCUT2D eigenvalue weighted by Gasteiger charge is 2.28. The van der Waals surface area contributed by atoms with Crippen LogP contribution in [0.4, 0.5) is 0 Å². The number of nitrogens with zero attached hydrogens (tertiary/aromatic N) is 1. The molecule has 0 aliphatic rings. The average Bonchev–Trinajstić information content (AvgIpc) is 1.97. The van der Waals surface area contributed by atoms with Crippen LogP contribution in [0.15, 0.2) is 4.99 Å². The maximum atomic E-state index is 11.8. The lowest BCUT2D eigenvalue weighted by molar-refractivity contribution is 0.508. The molecule has 0 aliphatic carbocycles.